The maximum atomic E-state index is 15.3. The van der Waals surface area contributed by atoms with Gasteiger partial charge in [0, 0.05) is 37.0 Å². The lowest BCUT2D eigenvalue weighted by Gasteiger charge is -2.28. The average molecular weight is 510 g/mol. The van der Waals surface area contributed by atoms with Crippen molar-refractivity contribution in [1.82, 2.24) is 19.5 Å². The van der Waals surface area contributed by atoms with E-state index in [4.69, 9.17) is 16.3 Å². The van der Waals surface area contributed by atoms with Gasteiger partial charge in [-0.1, -0.05) is 11.6 Å². The average Bonchev–Trinajstić information content (AvgIpc) is 3.36. The molecule has 0 radical (unpaired) electrons. The third-order valence-electron chi connectivity index (χ3n) is 6.72. The zero-order valence-corrected chi connectivity index (χ0v) is 20.2. The van der Waals surface area contributed by atoms with E-state index >= 15 is 4.39 Å². The Hall–Kier alpha value is -2.43. The first kappa shape index (κ1) is 24.3. The first-order chi connectivity index (χ1) is 16.6. The van der Waals surface area contributed by atoms with E-state index in [1.807, 2.05) is 18.4 Å². The molecule has 1 aliphatic carbocycles. The number of rotatable bonds is 5. The Balaban J connectivity index is 1.56. The Kier molecular flexibility index (Phi) is 6.39. The molecular weight excluding hydrogens is 483 g/mol. The minimum atomic E-state index is -2.73. The van der Waals surface area contributed by atoms with Gasteiger partial charge in [0.1, 0.15) is 11.3 Å². The summed E-state index contributed by atoms with van der Waals surface area (Å²) in [6, 6.07) is 2.64. The predicted molar refractivity (Wildman–Crippen MR) is 127 cm³/mol. The van der Waals surface area contributed by atoms with E-state index in [0.29, 0.717) is 42.0 Å². The number of nitrogens with zero attached hydrogens (tertiary/aromatic N) is 4. The summed E-state index contributed by atoms with van der Waals surface area (Å²) in [5.41, 5.74) is 1.38. The van der Waals surface area contributed by atoms with E-state index in [1.54, 1.807) is 6.07 Å². The Morgan fingerprint density at radius 3 is 2.74 bits per heavy atom. The summed E-state index contributed by atoms with van der Waals surface area (Å²) in [6.45, 7) is 4.56. The van der Waals surface area contributed by atoms with Crippen molar-refractivity contribution in [1.29, 1.82) is 0 Å². The van der Waals surface area contributed by atoms with Gasteiger partial charge >= 0.3 is 0 Å². The van der Waals surface area contributed by atoms with Gasteiger partial charge in [0.05, 0.1) is 41.2 Å². The first-order valence-electron chi connectivity index (χ1n) is 11.8. The number of alkyl halides is 2. The Labute approximate surface area is 205 Å². The summed E-state index contributed by atoms with van der Waals surface area (Å²) < 4.78 is 50.3. The van der Waals surface area contributed by atoms with Crippen molar-refractivity contribution in [2.45, 2.75) is 69.6 Å². The fourth-order valence-electron chi connectivity index (χ4n) is 5.00. The second-order valence-corrected chi connectivity index (χ2v) is 10.0. The van der Waals surface area contributed by atoms with Crippen LogP contribution in [-0.4, -0.2) is 55.9 Å². The second kappa shape index (κ2) is 9.22. The quantitative estimate of drug-likeness (QED) is 0.483. The van der Waals surface area contributed by atoms with Gasteiger partial charge in [-0.05, 0) is 38.8 Å². The van der Waals surface area contributed by atoms with Gasteiger partial charge in [-0.2, -0.15) is 0 Å². The standard InChI is InChI=1S/C24H27ClF3N5O2/c1-12(2)33-18-8-14(7-16(26)21(18)31-22(33)13-3-5-24(27,28)9-13)20-15(25)10-29-23(32-20)30-17-4-6-35-11-19(17)34/h7-8,10,12-13,17,19,34H,3-6,9,11H2,1-2H3,(H,29,30,32)/t13-,17+,19+/m0/s1. The van der Waals surface area contributed by atoms with Crippen molar-refractivity contribution in [3.8, 4) is 11.3 Å². The number of fused-ring (bicyclic) bond motifs is 1. The van der Waals surface area contributed by atoms with Crippen LogP contribution in [0.25, 0.3) is 22.3 Å². The molecule has 2 fully saturated rings. The van der Waals surface area contributed by atoms with Crippen LogP contribution in [0.4, 0.5) is 19.1 Å². The van der Waals surface area contributed by atoms with E-state index in [2.05, 4.69) is 20.3 Å². The van der Waals surface area contributed by atoms with Crippen LogP contribution < -0.4 is 5.32 Å². The van der Waals surface area contributed by atoms with Crippen LogP contribution in [0.5, 0.6) is 0 Å². The van der Waals surface area contributed by atoms with Gasteiger partial charge in [-0.25, -0.2) is 28.1 Å². The minimum absolute atomic E-state index is 0.119. The van der Waals surface area contributed by atoms with Crippen LogP contribution in [0.3, 0.4) is 0 Å². The van der Waals surface area contributed by atoms with Crippen LogP contribution >= 0.6 is 11.6 Å². The molecule has 35 heavy (non-hydrogen) atoms. The summed E-state index contributed by atoms with van der Waals surface area (Å²) in [6.07, 6.45) is 1.12. The molecule has 0 spiro atoms. The molecule has 7 nitrogen and oxygen atoms in total. The van der Waals surface area contributed by atoms with Gasteiger partial charge in [0.15, 0.2) is 5.82 Å². The second-order valence-electron chi connectivity index (χ2n) is 9.63. The zero-order valence-electron chi connectivity index (χ0n) is 19.4. The fraction of sp³-hybridized carbons (Fsp3) is 0.542. The molecule has 5 rings (SSSR count). The number of aliphatic hydroxyl groups excluding tert-OH is 1. The highest BCUT2D eigenvalue weighted by Crippen LogP contribution is 2.45. The van der Waals surface area contributed by atoms with Crippen molar-refractivity contribution in [2.75, 3.05) is 18.5 Å². The number of nitrogens with one attached hydrogen (secondary N) is 1. The molecule has 3 atom stereocenters. The molecular formula is C24H27ClF3N5O2. The maximum Gasteiger partial charge on any atom is 0.248 e. The molecule has 0 bridgehead atoms. The van der Waals surface area contributed by atoms with Crippen molar-refractivity contribution in [3.05, 3.63) is 35.0 Å². The first-order valence-corrected chi connectivity index (χ1v) is 12.1. The highest BCUT2D eigenvalue weighted by atomic mass is 35.5. The SMILES string of the molecule is CC(C)n1c([C@H]2CCC(F)(F)C2)nc2c(F)cc(-c3nc(N[C@@H]4CCOC[C@H]4O)ncc3Cl)cc21. The molecule has 2 aromatic heterocycles. The van der Waals surface area contributed by atoms with Gasteiger partial charge < -0.3 is 19.7 Å². The van der Waals surface area contributed by atoms with E-state index < -0.39 is 23.8 Å². The number of halogens is 4. The smallest absolute Gasteiger partial charge is 0.248 e. The van der Waals surface area contributed by atoms with E-state index in [1.165, 1.54) is 12.3 Å². The molecule has 1 saturated carbocycles. The Morgan fingerprint density at radius 2 is 2.06 bits per heavy atom. The monoisotopic (exact) mass is 509 g/mol. The summed E-state index contributed by atoms with van der Waals surface area (Å²) >= 11 is 6.40. The number of aromatic nitrogens is 4. The normalized spacial score (nSPS) is 24.4. The van der Waals surface area contributed by atoms with Crippen molar-refractivity contribution in [3.63, 3.8) is 0 Å². The summed E-state index contributed by atoms with van der Waals surface area (Å²) in [5.74, 6) is -3.02. The van der Waals surface area contributed by atoms with Gasteiger partial charge in [0.2, 0.25) is 11.9 Å². The summed E-state index contributed by atoms with van der Waals surface area (Å²) in [4.78, 5) is 13.2. The zero-order chi connectivity index (χ0) is 24.9. The molecule has 1 saturated heterocycles. The number of imidazole rings is 1. The number of benzene rings is 1. The Bertz CT molecular complexity index is 1250. The lowest BCUT2D eigenvalue weighted by Crippen LogP contribution is -2.42. The molecule has 1 aliphatic heterocycles. The van der Waals surface area contributed by atoms with Crippen LogP contribution in [0.1, 0.15) is 57.3 Å². The molecule has 0 unspecified atom stereocenters. The molecule has 2 N–H and O–H groups in total. The van der Waals surface area contributed by atoms with E-state index in [-0.39, 0.29) is 48.0 Å². The van der Waals surface area contributed by atoms with Crippen LogP contribution in [0, 0.1) is 5.82 Å². The third kappa shape index (κ3) is 4.71. The highest BCUT2D eigenvalue weighted by Gasteiger charge is 2.42. The van der Waals surface area contributed by atoms with E-state index in [9.17, 15) is 13.9 Å². The van der Waals surface area contributed by atoms with Crippen LogP contribution in [-0.2, 0) is 4.74 Å². The highest BCUT2D eigenvalue weighted by molar-refractivity contribution is 6.33. The third-order valence-corrected chi connectivity index (χ3v) is 7.00. The summed E-state index contributed by atoms with van der Waals surface area (Å²) in [7, 11) is 0. The summed E-state index contributed by atoms with van der Waals surface area (Å²) in [5, 5.41) is 13.5. The number of anilines is 1. The lowest BCUT2D eigenvalue weighted by molar-refractivity contribution is -0.0136. The maximum absolute atomic E-state index is 15.3. The topological polar surface area (TPSA) is 85.1 Å². The lowest BCUT2D eigenvalue weighted by atomic mass is 10.1. The van der Waals surface area contributed by atoms with Crippen molar-refractivity contribution < 1.29 is 23.0 Å². The molecule has 1 aromatic carbocycles. The largest absolute Gasteiger partial charge is 0.389 e. The molecule has 3 heterocycles. The van der Waals surface area contributed by atoms with Gasteiger partial charge in [-0.3, -0.25) is 0 Å². The number of aliphatic hydroxyl groups is 1. The van der Waals surface area contributed by atoms with Crippen molar-refractivity contribution >= 4 is 28.6 Å². The predicted octanol–water partition coefficient (Wildman–Crippen LogP) is 5.33. The minimum Gasteiger partial charge on any atom is -0.389 e. The van der Waals surface area contributed by atoms with E-state index in [0.717, 1.165) is 0 Å². The Morgan fingerprint density at radius 1 is 1.26 bits per heavy atom. The fourth-order valence-corrected chi connectivity index (χ4v) is 5.20. The van der Waals surface area contributed by atoms with Gasteiger partial charge in [0.25, 0.3) is 0 Å². The number of hydrogen-bond acceptors (Lipinski definition) is 6. The van der Waals surface area contributed by atoms with Gasteiger partial charge in [-0.15, -0.1) is 0 Å². The van der Waals surface area contributed by atoms with Crippen LogP contribution in [0.15, 0.2) is 18.3 Å². The molecule has 3 aromatic rings. The molecule has 2 aliphatic rings. The molecule has 0 amide bonds. The molecule has 188 valence electrons. The number of ether oxygens (including phenoxy) is 1. The van der Waals surface area contributed by atoms with Crippen LogP contribution in [0.2, 0.25) is 5.02 Å². The number of hydrogen-bond donors (Lipinski definition) is 2. The van der Waals surface area contributed by atoms with Crippen molar-refractivity contribution in [2.24, 2.45) is 0 Å². The molecule has 11 heteroatoms.